The number of hydrogen-bond donors (Lipinski definition) is 1. The van der Waals surface area contributed by atoms with Gasteiger partial charge in [0.25, 0.3) is 17.7 Å². The summed E-state index contributed by atoms with van der Waals surface area (Å²) in [5.74, 6) is -1.43. The lowest BCUT2D eigenvalue weighted by molar-refractivity contribution is 0.0118. The Balaban J connectivity index is 0.992. The van der Waals surface area contributed by atoms with E-state index >= 15 is 0 Å². The first-order valence-electron chi connectivity index (χ1n) is 18.9. The molecular weight excluding hydrogens is 742 g/mol. The van der Waals surface area contributed by atoms with Gasteiger partial charge < -0.3 is 43.5 Å². The highest BCUT2D eigenvalue weighted by molar-refractivity contribution is 6.07. The third-order valence-electron chi connectivity index (χ3n) is 10.6. The molecule has 0 bridgehead atoms. The van der Waals surface area contributed by atoms with Crippen LogP contribution in [0.25, 0.3) is 5.57 Å². The molecule has 4 heterocycles. The number of anilines is 2. The molecule has 0 saturated carbocycles. The van der Waals surface area contributed by atoms with Crippen LogP contribution in [0, 0.1) is 0 Å². The number of rotatable bonds is 14. The van der Waals surface area contributed by atoms with E-state index in [9.17, 15) is 23.2 Å². The Morgan fingerprint density at radius 1 is 0.877 bits per heavy atom. The lowest BCUT2D eigenvalue weighted by Crippen LogP contribution is -2.41. The average Bonchev–Trinajstić information content (AvgIpc) is 3.73. The van der Waals surface area contributed by atoms with Gasteiger partial charge in [-0.1, -0.05) is 24.8 Å². The Labute approximate surface area is 329 Å². The summed E-state index contributed by atoms with van der Waals surface area (Å²) in [6, 6.07) is 13.2. The fraction of sp³-hybridized carbons (Fsp3) is 0.405. The molecule has 3 amide bonds. The maximum Gasteiger partial charge on any atom is 0.414 e. The minimum atomic E-state index is -2.91. The molecule has 302 valence electrons. The number of unbranched alkanes of at least 4 members (excludes halogenated alkanes) is 2. The number of hydrogen-bond acceptors (Lipinski definition) is 10. The molecule has 0 spiro atoms. The summed E-state index contributed by atoms with van der Waals surface area (Å²) in [5, 5.41) is 3.15. The molecule has 0 radical (unpaired) electrons. The van der Waals surface area contributed by atoms with Crippen molar-refractivity contribution in [2.24, 2.45) is 0 Å². The lowest BCUT2D eigenvalue weighted by atomic mass is 10.0. The summed E-state index contributed by atoms with van der Waals surface area (Å²) in [6.45, 7) is 4.13. The van der Waals surface area contributed by atoms with E-state index in [4.69, 9.17) is 28.4 Å². The first-order chi connectivity index (χ1) is 27.5. The molecule has 0 aromatic heterocycles. The number of nitrogens with zero attached hydrogens (tertiary/aromatic N) is 3. The van der Waals surface area contributed by atoms with E-state index in [0.717, 1.165) is 23.3 Å². The van der Waals surface area contributed by atoms with Gasteiger partial charge in [0.15, 0.2) is 23.0 Å². The fourth-order valence-corrected chi connectivity index (χ4v) is 7.70. The number of nitrogens with one attached hydrogen (secondary N) is 1. The maximum atomic E-state index is 14.1. The third-order valence-corrected chi connectivity index (χ3v) is 10.6. The van der Waals surface area contributed by atoms with Crippen molar-refractivity contribution < 1.29 is 51.6 Å². The van der Waals surface area contributed by atoms with E-state index in [1.807, 2.05) is 30.5 Å². The quantitative estimate of drug-likeness (QED) is 0.135. The van der Waals surface area contributed by atoms with Crippen LogP contribution in [0.5, 0.6) is 28.7 Å². The van der Waals surface area contributed by atoms with Crippen LogP contribution in [0.3, 0.4) is 0 Å². The summed E-state index contributed by atoms with van der Waals surface area (Å²) in [5.41, 5.74) is 3.32. The zero-order chi connectivity index (χ0) is 40.3. The second-order valence-electron chi connectivity index (χ2n) is 14.3. The van der Waals surface area contributed by atoms with Gasteiger partial charge in [-0.05, 0) is 61.1 Å². The Morgan fingerprint density at radius 3 is 2.23 bits per heavy atom. The highest BCUT2D eigenvalue weighted by Crippen LogP contribution is 2.43. The van der Waals surface area contributed by atoms with Crippen molar-refractivity contribution >= 4 is 34.9 Å². The van der Waals surface area contributed by atoms with E-state index in [0.29, 0.717) is 66.8 Å². The number of carbonyl (C=O) groups is 3. The SMILES string of the molecule is C=CCOC(=O)N1C[C@@H]2CC(c3ccc(OC)cc3)=CN2C(=O)c2cc(OC)c(OCCCCCOc3cc4c(cc3OC)C(=O)N3CC(F)(F)C[C@H]3CN4)cc21. The van der Waals surface area contributed by atoms with Crippen molar-refractivity contribution in [3.05, 3.63) is 84.1 Å². The van der Waals surface area contributed by atoms with Gasteiger partial charge in [-0.2, -0.15) is 0 Å². The zero-order valence-electron chi connectivity index (χ0n) is 32.2. The summed E-state index contributed by atoms with van der Waals surface area (Å²) in [4.78, 5) is 45.2. The van der Waals surface area contributed by atoms with E-state index in [1.54, 1.807) is 30.2 Å². The molecule has 4 aliphatic rings. The van der Waals surface area contributed by atoms with Crippen LogP contribution < -0.4 is 33.9 Å². The Hall–Kier alpha value is -5.99. The maximum absolute atomic E-state index is 14.1. The van der Waals surface area contributed by atoms with Gasteiger partial charge in [-0.25, -0.2) is 13.6 Å². The Kier molecular flexibility index (Phi) is 11.4. The number of alkyl halides is 2. The second-order valence-corrected chi connectivity index (χ2v) is 14.3. The molecule has 0 unspecified atom stereocenters. The van der Waals surface area contributed by atoms with E-state index in [2.05, 4.69) is 11.9 Å². The molecule has 15 heteroatoms. The molecule has 1 saturated heterocycles. The fourth-order valence-electron chi connectivity index (χ4n) is 7.70. The molecule has 1 fully saturated rings. The van der Waals surface area contributed by atoms with Crippen molar-refractivity contribution in [3.8, 4) is 28.7 Å². The van der Waals surface area contributed by atoms with Crippen LogP contribution in [-0.2, 0) is 4.74 Å². The van der Waals surface area contributed by atoms with Crippen LogP contribution in [0.4, 0.5) is 25.0 Å². The standard InChI is InChI=1S/C42H46F2N4O9/c1-5-13-57-41(51)47-24-28-16-27(26-9-11-30(52-2)12-10-26)23-46(28)40(50)32-18-36(54-4)38(20-34(32)47)56-15-8-6-7-14-55-37-19-33-31(17-35(37)53-3)39(49)48-25-42(43,44)21-29(48)22-45-33/h5,9-12,17-20,23,28-29,45H,1,6-8,13-16,21-22,24-25H2,2-4H3/t28-,29-/m0/s1. The number of amides is 3. The number of benzene rings is 3. The molecule has 3 aromatic carbocycles. The van der Waals surface area contributed by atoms with Gasteiger partial charge in [0.05, 0.1) is 82.2 Å². The predicted molar refractivity (Wildman–Crippen MR) is 208 cm³/mol. The van der Waals surface area contributed by atoms with Gasteiger partial charge in [0.2, 0.25) is 0 Å². The minimum absolute atomic E-state index is 0.00426. The van der Waals surface area contributed by atoms with Gasteiger partial charge in [-0.15, -0.1) is 0 Å². The summed E-state index contributed by atoms with van der Waals surface area (Å²) in [7, 11) is 4.56. The number of halogens is 2. The normalized spacial score (nSPS) is 19.2. The topological polar surface area (TPSA) is 128 Å². The van der Waals surface area contributed by atoms with E-state index < -0.39 is 30.5 Å². The highest BCUT2D eigenvalue weighted by atomic mass is 19.3. The van der Waals surface area contributed by atoms with Gasteiger partial charge >= 0.3 is 6.09 Å². The average molecular weight is 789 g/mol. The molecular formula is C42H46F2N4O9. The molecule has 0 aliphatic carbocycles. The molecule has 13 nitrogen and oxygen atoms in total. The minimum Gasteiger partial charge on any atom is -0.497 e. The molecule has 2 atom stereocenters. The van der Waals surface area contributed by atoms with Crippen LogP contribution in [0.1, 0.15) is 58.4 Å². The monoisotopic (exact) mass is 788 g/mol. The van der Waals surface area contributed by atoms with Crippen LogP contribution >= 0.6 is 0 Å². The molecule has 4 aliphatic heterocycles. The van der Waals surface area contributed by atoms with Gasteiger partial charge in [0.1, 0.15) is 12.4 Å². The lowest BCUT2D eigenvalue weighted by Gasteiger charge is -2.26. The van der Waals surface area contributed by atoms with Crippen molar-refractivity contribution in [1.82, 2.24) is 9.80 Å². The first kappa shape index (κ1) is 39.3. The van der Waals surface area contributed by atoms with Crippen molar-refractivity contribution in [2.45, 2.75) is 50.1 Å². The Morgan fingerprint density at radius 2 is 1.56 bits per heavy atom. The smallest absolute Gasteiger partial charge is 0.414 e. The van der Waals surface area contributed by atoms with E-state index in [-0.39, 0.29) is 49.2 Å². The molecule has 1 N–H and O–H groups in total. The summed E-state index contributed by atoms with van der Waals surface area (Å²) in [6.07, 6.45) is 4.92. The molecule has 57 heavy (non-hydrogen) atoms. The largest absolute Gasteiger partial charge is 0.497 e. The van der Waals surface area contributed by atoms with Gasteiger partial charge in [-0.3, -0.25) is 14.5 Å². The summed E-state index contributed by atoms with van der Waals surface area (Å²) < 4.78 is 62.3. The molecule has 7 rings (SSSR count). The third kappa shape index (κ3) is 8.14. The van der Waals surface area contributed by atoms with Crippen molar-refractivity contribution in [2.75, 3.05) is 71.0 Å². The Bertz CT molecular complexity index is 2060. The second kappa shape index (κ2) is 16.6. The van der Waals surface area contributed by atoms with Crippen LogP contribution in [0.15, 0.2) is 67.4 Å². The highest BCUT2D eigenvalue weighted by Gasteiger charge is 2.48. The van der Waals surface area contributed by atoms with Crippen molar-refractivity contribution in [1.29, 1.82) is 0 Å². The number of methoxy groups -OCH3 is 3. The predicted octanol–water partition coefficient (Wildman–Crippen LogP) is 7.01. The molecule has 3 aromatic rings. The first-order valence-corrected chi connectivity index (χ1v) is 18.9. The van der Waals surface area contributed by atoms with Crippen LogP contribution in [0.2, 0.25) is 0 Å². The van der Waals surface area contributed by atoms with Gasteiger partial charge in [0, 0.05) is 31.3 Å². The number of carbonyl (C=O) groups excluding carboxylic acids is 3. The zero-order valence-corrected chi connectivity index (χ0v) is 32.2. The van der Waals surface area contributed by atoms with Crippen molar-refractivity contribution in [3.63, 3.8) is 0 Å². The summed E-state index contributed by atoms with van der Waals surface area (Å²) >= 11 is 0. The number of ether oxygens (including phenoxy) is 6. The number of fused-ring (bicyclic) bond motifs is 4. The van der Waals surface area contributed by atoms with Crippen LogP contribution in [-0.4, -0.2) is 106 Å². The van der Waals surface area contributed by atoms with E-state index in [1.165, 1.54) is 36.2 Å².